The minimum absolute atomic E-state index is 0.00734. The number of aromatic nitrogens is 1. The number of nitrogens with one attached hydrogen (secondary N) is 1. The fraction of sp³-hybridized carbons (Fsp3) is 0.318. The number of rotatable bonds is 6. The molecule has 0 spiro atoms. The lowest BCUT2D eigenvalue weighted by Crippen LogP contribution is -2.41. The van der Waals surface area contributed by atoms with Crippen LogP contribution in [0, 0.1) is 0 Å². The summed E-state index contributed by atoms with van der Waals surface area (Å²) in [6.45, 7) is 3.96. The van der Waals surface area contributed by atoms with Crippen LogP contribution in [0.25, 0.3) is 6.08 Å². The van der Waals surface area contributed by atoms with E-state index >= 15 is 0 Å². The molecule has 1 aromatic heterocycles. The van der Waals surface area contributed by atoms with E-state index in [2.05, 4.69) is 15.2 Å². The van der Waals surface area contributed by atoms with Crippen molar-refractivity contribution in [1.82, 2.24) is 20.1 Å². The van der Waals surface area contributed by atoms with Crippen LogP contribution in [-0.2, 0) is 16.1 Å². The van der Waals surface area contributed by atoms with Crippen molar-refractivity contribution < 1.29 is 9.59 Å². The zero-order valence-electron chi connectivity index (χ0n) is 16.3. The van der Waals surface area contributed by atoms with Gasteiger partial charge in [0.1, 0.15) is 0 Å². The Morgan fingerprint density at radius 3 is 2.69 bits per heavy atom. The zero-order valence-corrected chi connectivity index (χ0v) is 17.0. The van der Waals surface area contributed by atoms with Gasteiger partial charge in [-0.1, -0.05) is 29.8 Å². The van der Waals surface area contributed by atoms with Crippen LogP contribution in [-0.4, -0.2) is 59.3 Å². The summed E-state index contributed by atoms with van der Waals surface area (Å²) < 4.78 is 0. The average Bonchev–Trinajstić information content (AvgIpc) is 2.98. The number of carbonyl (C=O) groups is 2. The number of hydrogen-bond donors (Lipinski definition) is 1. The maximum Gasteiger partial charge on any atom is 0.244 e. The number of pyridine rings is 1. The predicted octanol–water partition coefficient (Wildman–Crippen LogP) is 2.60. The van der Waals surface area contributed by atoms with Gasteiger partial charge in [0, 0.05) is 56.2 Å². The van der Waals surface area contributed by atoms with E-state index in [4.69, 9.17) is 11.6 Å². The van der Waals surface area contributed by atoms with Crippen molar-refractivity contribution in [3.05, 3.63) is 71.0 Å². The van der Waals surface area contributed by atoms with Crippen LogP contribution in [0.2, 0.25) is 5.02 Å². The lowest BCUT2D eigenvalue weighted by molar-refractivity contribution is -0.131. The van der Waals surface area contributed by atoms with Crippen LogP contribution >= 0.6 is 11.6 Å². The summed E-state index contributed by atoms with van der Waals surface area (Å²) in [6.07, 6.45) is 7.35. The van der Waals surface area contributed by atoms with Crippen LogP contribution in [0.15, 0.2) is 54.9 Å². The Bertz CT molecular complexity index is 840. The second-order valence-corrected chi connectivity index (χ2v) is 7.41. The second-order valence-electron chi connectivity index (χ2n) is 6.97. The van der Waals surface area contributed by atoms with E-state index < -0.39 is 0 Å². The van der Waals surface area contributed by atoms with Crippen molar-refractivity contribution in [2.45, 2.75) is 13.0 Å². The smallest absolute Gasteiger partial charge is 0.244 e. The molecule has 29 heavy (non-hydrogen) atoms. The molecule has 0 unspecified atom stereocenters. The molecule has 6 nitrogen and oxygen atoms in total. The van der Waals surface area contributed by atoms with Gasteiger partial charge in [-0.05, 0) is 41.8 Å². The van der Waals surface area contributed by atoms with Gasteiger partial charge in [-0.15, -0.1) is 0 Å². The number of hydrogen-bond acceptors (Lipinski definition) is 4. The third-order valence-corrected chi connectivity index (χ3v) is 5.04. The van der Waals surface area contributed by atoms with Crippen LogP contribution in [0.5, 0.6) is 0 Å². The average molecular weight is 413 g/mol. The van der Waals surface area contributed by atoms with Gasteiger partial charge in [-0.2, -0.15) is 0 Å². The molecule has 0 aliphatic carbocycles. The molecule has 0 bridgehead atoms. The molecule has 152 valence electrons. The summed E-state index contributed by atoms with van der Waals surface area (Å²) in [6, 6.07) is 11.5. The number of carbonyl (C=O) groups excluding carboxylic acids is 2. The standard InChI is InChI=1S/C22H25ClN4O2/c23-20-7-4-19(5-8-20)17-26-11-2-12-27(14-13-26)22(29)16-25-21(28)9-6-18-3-1-10-24-15-18/h1,3-10,15H,2,11-14,16-17H2,(H,25,28)/b9-6+. The molecule has 1 N–H and O–H groups in total. The van der Waals surface area contributed by atoms with E-state index in [-0.39, 0.29) is 18.4 Å². The third-order valence-electron chi connectivity index (χ3n) is 4.79. The first-order valence-corrected chi connectivity index (χ1v) is 10.1. The summed E-state index contributed by atoms with van der Waals surface area (Å²) in [5, 5.41) is 3.40. The normalized spacial score (nSPS) is 15.3. The van der Waals surface area contributed by atoms with Crippen molar-refractivity contribution in [3.8, 4) is 0 Å². The minimum atomic E-state index is -0.290. The molecular formula is C22H25ClN4O2. The topological polar surface area (TPSA) is 65.5 Å². The van der Waals surface area contributed by atoms with Gasteiger partial charge in [-0.25, -0.2) is 0 Å². The van der Waals surface area contributed by atoms with Gasteiger partial charge in [0.05, 0.1) is 6.54 Å². The van der Waals surface area contributed by atoms with E-state index in [1.54, 1.807) is 24.5 Å². The largest absolute Gasteiger partial charge is 0.343 e. The fourth-order valence-electron chi connectivity index (χ4n) is 3.21. The van der Waals surface area contributed by atoms with Gasteiger partial charge in [0.2, 0.25) is 11.8 Å². The summed E-state index contributed by atoms with van der Waals surface area (Å²) in [5.74, 6) is -0.345. The Balaban J connectivity index is 1.42. The van der Waals surface area contributed by atoms with Crippen LogP contribution < -0.4 is 5.32 Å². The van der Waals surface area contributed by atoms with Crippen LogP contribution in [0.4, 0.5) is 0 Å². The highest BCUT2D eigenvalue weighted by Gasteiger charge is 2.19. The van der Waals surface area contributed by atoms with E-state index in [1.807, 2.05) is 35.2 Å². The molecule has 1 fully saturated rings. The fourth-order valence-corrected chi connectivity index (χ4v) is 3.33. The summed E-state index contributed by atoms with van der Waals surface area (Å²) in [4.78, 5) is 32.6. The van der Waals surface area contributed by atoms with Gasteiger partial charge < -0.3 is 10.2 Å². The molecule has 2 amide bonds. The molecule has 0 atom stereocenters. The van der Waals surface area contributed by atoms with E-state index in [9.17, 15) is 9.59 Å². The Morgan fingerprint density at radius 2 is 1.93 bits per heavy atom. The molecule has 3 rings (SSSR count). The highest BCUT2D eigenvalue weighted by molar-refractivity contribution is 6.30. The monoisotopic (exact) mass is 412 g/mol. The van der Waals surface area contributed by atoms with Gasteiger partial charge in [0.15, 0.2) is 0 Å². The third kappa shape index (κ3) is 7.00. The molecule has 2 heterocycles. The van der Waals surface area contributed by atoms with E-state index in [0.717, 1.165) is 36.6 Å². The van der Waals surface area contributed by atoms with Crippen molar-refractivity contribution in [2.24, 2.45) is 0 Å². The molecule has 1 aliphatic rings. The molecular weight excluding hydrogens is 388 g/mol. The maximum absolute atomic E-state index is 12.5. The predicted molar refractivity (Wildman–Crippen MR) is 114 cm³/mol. The number of benzene rings is 1. The highest BCUT2D eigenvalue weighted by atomic mass is 35.5. The molecule has 7 heteroatoms. The summed E-state index contributed by atoms with van der Waals surface area (Å²) >= 11 is 5.94. The second kappa shape index (κ2) is 10.7. The summed E-state index contributed by atoms with van der Waals surface area (Å²) in [5.41, 5.74) is 2.05. The first-order valence-electron chi connectivity index (χ1n) is 9.71. The molecule has 2 aromatic rings. The number of halogens is 1. The van der Waals surface area contributed by atoms with Crippen molar-refractivity contribution >= 4 is 29.5 Å². The highest BCUT2D eigenvalue weighted by Crippen LogP contribution is 2.13. The number of nitrogens with zero attached hydrogens (tertiary/aromatic N) is 3. The number of amides is 2. The Morgan fingerprint density at radius 1 is 1.10 bits per heavy atom. The van der Waals surface area contributed by atoms with Crippen molar-refractivity contribution in [3.63, 3.8) is 0 Å². The zero-order chi connectivity index (χ0) is 20.5. The minimum Gasteiger partial charge on any atom is -0.343 e. The van der Waals surface area contributed by atoms with Gasteiger partial charge >= 0.3 is 0 Å². The SMILES string of the molecule is O=C(/C=C/c1cccnc1)NCC(=O)N1CCCN(Cc2ccc(Cl)cc2)CC1. The quantitative estimate of drug-likeness (QED) is 0.740. The lowest BCUT2D eigenvalue weighted by atomic mass is 10.2. The van der Waals surface area contributed by atoms with Crippen LogP contribution in [0.3, 0.4) is 0 Å². The first-order chi connectivity index (χ1) is 14.1. The molecule has 1 aliphatic heterocycles. The van der Waals surface area contributed by atoms with Crippen molar-refractivity contribution in [1.29, 1.82) is 0 Å². The summed E-state index contributed by atoms with van der Waals surface area (Å²) in [7, 11) is 0. The Hall–Kier alpha value is -2.70. The first kappa shape index (κ1) is 21.0. The molecule has 1 saturated heterocycles. The van der Waals surface area contributed by atoms with E-state index in [0.29, 0.717) is 13.1 Å². The van der Waals surface area contributed by atoms with Crippen molar-refractivity contribution in [2.75, 3.05) is 32.7 Å². The molecule has 0 radical (unpaired) electrons. The maximum atomic E-state index is 12.5. The van der Waals surface area contributed by atoms with Crippen LogP contribution in [0.1, 0.15) is 17.5 Å². The molecule has 1 aromatic carbocycles. The van der Waals surface area contributed by atoms with Gasteiger partial charge in [-0.3, -0.25) is 19.5 Å². The lowest BCUT2D eigenvalue weighted by Gasteiger charge is -2.22. The molecule has 0 saturated carbocycles. The Labute approximate surface area is 176 Å². The van der Waals surface area contributed by atoms with E-state index in [1.165, 1.54) is 11.6 Å². The Kier molecular flexibility index (Phi) is 7.78. The van der Waals surface area contributed by atoms with Gasteiger partial charge in [0.25, 0.3) is 0 Å².